The number of carbonyl (C=O) groups is 1. The van der Waals surface area contributed by atoms with Crippen LogP contribution in [0.5, 0.6) is 0 Å². The Balaban J connectivity index is 1.64. The lowest BCUT2D eigenvalue weighted by Crippen LogP contribution is -2.66. The molecule has 0 aliphatic carbocycles. The summed E-state index contributed by atoms with van der Waals surface area (Å²) in [5, 5.41) is 0.0902. The molecular weight excluding hydrogens is 455 g/mol. The number of ether oxygens (including phenoxy) is 1. The lowest BCUT2D eigenvalue weighted by Gasteiger charge is -2.54. The maximum atomic E-state index is 14.9. The molecule has 1 aromatic carbocycles. The van der Waals surface area contributed by atoms with Crippen molar-refractivity contribution in [1.29, 1.82) is 0 Å². The Morgan fingerprint density at radius 1 is 1.31 bits per heavy atom. The Kier molecular flexibility index (Phi) is 6.44. The van der Waals surface area contributed by atoms with E-state index < -0.39 is 42.2 Å². The molecular formula is C21H33FN2O6SSi. The van der Waals surface area contributed by atoms with E-state index in [0.29, 0.717) is 24.5 Å². The van der Waals surface area contributed by atoms with Crippen LogP contribution in [0, 0.1) is 5.82 Å². The van der Waals surface area contributed by atoms with Crippen molar-refractivity contribution in [2.75, 3.05) is 35.2 Å². The maximum absolute atomic E-state index is 14.9. The first kappa shape index (κ1) is 24.9. The number of anilines is 2. The highest BCUT2D eigenvalue weighted by Crippen LogP contribution is 2.42. The van der Waals surface area contributed by atoms with Gasteiger partial charge in [0.05, 0.1) is 29.3 Å². The fraction of sp³-hybridized carbons (Fsp3) is 0.667. The molecule has 0 aromatic heterocycles. The number of hydrogen-bond donors (Lipinski definition) is 1. The minimum Gasteiger partial charge on any atom is -0.444 e. The van der Waals surface area contributed by atoms with Crippen molar-refractivity contribution >= 4 is 35.9 Å². The van der Waals surface area contributed by atoms with Gasteiger partial charge < -0.3 is 14.1 Å². The van der Waals surface area contributed by atoms with Crippen molar-refractivity contribution in [3.05, 3.63) is 24.0 Å². The summed E-state index contributed by atoms with van der Waals surface area (Å²) < 4.78 is 57.3. The van der Waals surface area contributed by atoms with E-state index >= 15 is 0 Å². The summed E-state index contributed by atoms with van der Waals surface area (Å²) in [5.41, 5.74) is 0.458. The van der Waals surface area contributed by atoms with Crippen LogP contribution >= 0.6 is 0 Å². The number of rotatable bonds is 7. The summed E-state index contributed by atoms with van der Waals surface area (Å²) in [6, 6.07) is 4.57. The van der Waals surface area contributed by atoms with Crippen LogP contribution in [0.1, 0.15) is 34.1 Å². The summed E-state index contributed by atoms with van der Waals surface area (Å²) >= 11 is 0. The van der Waals surface area contributed by atoms with Crippen molar-refractivity contribution in [3.63, 3.8) is 0 Å². The number of hydrogen-bond acceptors (Lipinski definition) is 6. The first-order chi connectivity index (χ1) is 14.5. The largest absolute Gasteiger partial charge is 0.444 e. The Bertz CT molecular complexity index is 988. The van der Waals surface area contributed by atoms with Gasteiger partial charge in [-0.15, -0.1) is 0 Å². The first-order valence-electron chi connectivity index (χ1n) is 10.7. The third kappa shape index (κ3) is 5.44. The zero-order valence-electron chi connectivity index (χ0n) is 19.5. The number of benzene rings is 1. The fourth-order valence-electron chi connectivity index (χ4n) is 3.85. The third-order valence-electron chi connectivity index (χ3n) is 6.51. The molecule has 0 bridgehead atoms. The van der Waals surface area contributed by atoms with Gasteiger partial charge in [-0.3, -0.25) is 9.45 Å². The number of amides is 1. The molecule has 0 unspecified atom stereocenters. The molecule has 2 aliphatic heterocycles. The molecule has 180 valence electrons. The molecule has 0 spiro atoms. The second-order valence-corrected chi connectivity index (χ2v) is 16.8. The highest BCUT2D eigenvalue weighted by molar-refractivity contribution is 7.85. The van der Waals surface area contributed by atoms with Crippen molar-refractivity contribution < 1.29 is 31.3 Å². The molecule has 11 heteroatoms. The zero-order chi connectivity index (χ0) is 24.1. The summed E-state index contributed by atoms with van der Waals surface area (Å²) in [6.07, 6.45) is -1.38. The fourth-order valence-corrected chi connectivity index (χ4v) is 6.08. The Morgan fingerprint density at radius 2 is 1.94 bits per heavy atom. The van der Waals surface area contributed by atoms with Gasteiger partial charge in [-0.2, -0.15) is 8.42 Å². The topological polar surface area (TPSA) is 96.4 Å². The summed E-state index contributed by atoms with van der Waals surface area (Å²) in [5.74, 6) is -0.956. The average Bonchev–Trinajstić information content (AvgIpc) is 2.97. The van der Waals surface area contributed by atoms with Crippen LogP contribution in [0.15, 0.2) is 18.2 Å². The molecule has 8 nitrogen and oxygen atoms in total. The van der Waals surface area contributed by atoms with E-state index in [4.69, 9.17) is 13.7 Å². The van der Waals surface area contributed by atoms with Gasteiger partial charge in [0.25, 0.3) is 10.1 Å². The molecule has 1 amide bonds. The van der Waals surface area contributed by atoms with Gasteiger partial charge in [-0.05, 0) is 43.3 Å². The Morgan fingerprint density at radius 3 is 2.47 bits per heavy atom. The normalized spacial score (nSPS) is 21.5. The van der Waals surface area contributed by atoms with Crippen LogP contribution in [0.2, 0.25) is 18.1 Å². The molecule has 1 N–H and O–H groups in total. The summed E-state index contributed by atoms with van der Waals surface area (Å²) in [7, 11) is -6.09. The monoisotopic (exact) mass is 488 g/mol. The van der Waals surface area contributed by atoms with E-state index in [2.05, 4.69) is 40.8 Å². The molecule has 32 heavy (non-hydrogen) atoms. The van der Waals surface area contributed by atoms with Crippen molar-refractivity contribution in [2.45, 2.75) is 64.0 Å². The summed E-state index contributed by atoms with van der Waals surface area (Å²) in [4.78, 5) is 15.3. The lowest BCUT2D eigenvalue weighted by molar-refractivity contribution is 0.0427. The maximum Gasteiger partial charge on any atom is 0.414 e. The van der Waals surface area contributed by atoms with E-state index in [0.717, 1.165) is 0 Å². The smallest absolute Gasteiger partial charge is 0.414 e. The van der Waals surface area contributed by atoms with Gasteiger partial charge in [0, 0.05) is 19.5 Å². The van der Waals surface area contributed by atoms with E-state index in [1.54, 1.807) is 12.1 Å². The van der Waals surface area contributed by atoms with Gasteiger partial charge in [0.15, 0.2) is 8.32 Å². The zero-order valence-corrected chi connectivity index (χ0v) is 21.3. The molecule has 1 atom stereocenters. The van der Waals surface area contributed by atoms with Gasteiger partial charge in [0.2, 0.25) is 0 Å². The highest BCUT2D eigenvalue weighted by atomic mass is 32.2. The highest BCUT2D eigenvalue weighted by Gasteiger charge is 2.48. The molecule has 0 radical (unpaired) electrons. The second-order valence-electron chi connectivity index (χ2n) is 10.5. The average molecular weight is 489 g/mol. The third-order valence-corrected chi connectivity index (χ3v) is 11.9. The predicted octanol–water partition coefficient (Wildman–Crippen LogP) is 4.03. The standard InChI is InChI=1S/C21H33FN2O6SSi/c1-20(2,3)32(5,6)30-21(4)13-23(14-21)18-8-7-15(11-17(18)22)24-12-16(29-19(24)25)9-10-31(26,27)28/h7-8,11,16H,9-10,12-14H2,1-6H3,(H,26,27,28)/t16-/m1/s1. The molecule has 2 fully saturated rings. The summed E-state index contributed by atoms with van der Waals surface area (Å²) in [6.45, 7) is 14.3. The number of carbonyl (C=O) groups excluding carboxylic acids is 1. The molecule has 2 heterocycles. The van der Waals surface area contributed by atoms with E-state index in [9.17, 15) is 17.6 Å². The second kappa shape index (κ2) is 8.26. The van der Waals surface area contributed by atoms with E-state index in [1.807, 2.05) is 4.90 Å². The van der Waals surface area contributed by atoms with Crippen molar-refractivity contribution in [1.82, 2.24) is 0 Å². The van der Waals surface area contributed by atoms with Gasteiger partial charge in [-0.25, -0.2) is 9.18 Å². The van der Waals surface area contributed by atoms with Crippen LogP contribution in [0.25, 0.3) is 0 Å². The van der Waals surface area contributed by atoms with Crippen LogP contribution in [-0.2, 0) is 19.3 Å². The van der Waals surface area contributed by atoms with Gasteiger partial charge >= 0.3 is 6.09 Å². The van der Waals surface area contributed by atoms with Crippen LogP contribution in [-0.4, -0.2) is 64.5 Å². The van der Waals surface area contributed by atoms with Crippen molar-refractivity contribution in [3.8, 4) is 0 Å². The molecule has 2 aliphatic rings. The van der Waals surface area contributed by atoms with Crippen LogP contribution in [0.4, 0.5) is 20.6 Å². The minimum absolute atomic E-state index is 0.0256. The first-order valence-corrected chi connectivity index (χ1v) is 15.2. The number of cyclic esters (lactones) is 1. The molecule has 2 saturated heterocycles. The van der Waals surface area contributed by atoms with Gasteiger partial charge in [0.1, 0.15) is 11.9 Å². The lowest BCUT2D eigenvalue weighted by atomic mass is 9.96. The quantitative estimate of drug-likeness (QED) is 0.457. The molecule has 3 rings (SSSR count). The minimum atomic E-state index is -4.14. The molecule has 0 saturated carbocycles. The predicted molar refractivity (Wildman–Crippen MR) is 124 cm³/mol. The van der Waals surface area contributed by atoms with E-state index in [1.165, 1.54) is 11.0 Å². The van der Waals surface area contributed by atoms with Crippen molar-refractivity contribution in [2.24, 2.45) is 0 Å². The Labute approximate surface area is 190 Å². The Hall–Kier alpha value is -1.69. The van der Waals surface area contributed by atoms with Gasteiger partial charge in [-0.1, -0.05) is 20.8 Å². The number of nitrogens with zero attached hydrogens (tertiary/aromatic N) is 2. The molecule has 1 aromatic rings. The van der Waals surface area contributed by atoms with Crippen LogP contribution < -0.4 is 9.80 Å². The van der Waals surface area contributed by atoms with Crippen LogP contribution in [0.3, 0.4) is 0 Å². The van der Waals surface area contributed by atoms with E-state index in [-0.39, 0.29) is 23.6 Å². The SMILES string of the molecule is CC1(O[Si](C)(C)C(C)(C)C)CN(c2ccc(N3C[C@@H](CCS(=O)(=O)O)OC3=O)cc2F)C1. The number of halogens is 1.